The Kier molecular flexibility index (Phi) is 4.23. The third kappa shape index (κ3) is 3.33. The van der Waals surface area contributed by atoms with Crippen LogP contribution in [-0.4, -0.2) is 36.7 Å². The topological polar surface area (TPSA) is 95.5 Å². The molecule has 0 aromatic carbocycles. The minimum Gasteiger partial charge on any atom is -0.350 e. The van der Waals surface area contributed by atoms with Crippen LogP contribution >= 0.6 is 22.7 Å². The zero-order valence-corrected chi connectivity index (χ0v) is 17.4. The summed E-state index contributed by atoms with van der Waals surface area (Å²) < 4.78 is 13.0. The molecule has 4 aromatic rings. The molecule has 6 rings (SSSR count). The monoisotopic (exact) mass is 440 g/mol. The van der Waals surface area contributed by atoms with Gasteiger partial charge in [0.05, 0.1) is 47.1 Å². The van der Waals surface area contributed by atoms with Crippen molar-refractivity contribution in [2.24, 2.45) is 0 Å². The zero-order valence-electron chi connectivity index (χ0n) is 15.8. The molecular weight excluding hydrogens is 423 g/mol. The van der Waals surface area contributed by atoms with Gasteiger partial charge in [0.2, 0.25) is 5.95 Å². The average Bonchev–Trinajstić information content (AvgIpc) is 3.16. The molecule has 0 atom stereocenters. The van der Waals surface area contributed by atoms with Crippen LogP contribution in [0.5, 0.6) is 0 Å². The first-order chi connectivity index (χ1) is 14.7. The van der Waals surface area contributed by atoms with Crippen molar-refractivity contribution < 1.29 is 4.39 Å². The molecule has 0 spiro atoms. The number of thiazole rings is 2. The Labute approximate surface area is 179 Å². The van der Waals surface area contributed by atoms with Gasteiger partial charge in [-0.05, 0) is 12.8 Å². The van der Waals surface area contributed by atoms with Crippen LogP contribution in [0.25, 0.3) is 11.3 Å². The van der Waals surface area contributed by atoms with E-state index < -0.39 is 5.82 Å². The lowest BCUT2D eigenvalue weighted by molar-refractivity contribution is 0.614. The van der Waals surface area contributed by atoms with E-state index in [-0.39, 0.29) is 0 Å². The Morgan fingerprint density at radius 3 is 2.90 bits per heavy atom. The second kappa shape index (κ2) is 7.10. The fourth-order valence-corrected chi connectivity index (χ4v) is 5.51. The number of fused-ring (bicyclic) bond motifs is 3. The quantitative estimate of drug-likeness (QED) is 0.482. The third-order valence-corrected chi connectivity index (χ3v) is 7.27. The number of rotatable bonds is 5. The molecule has 0 unspecified atom stereocenters. The van der Waals surface area contributed by atoms with Gasteiger partial charge in [-0.25, -0.2) is 24.3 Å². The first kappa shape index (κ1) is 17.9. The first-order valence-electron chi connectivity index (χ1n) is 9.70. The van der Waals surface area contributed by atoms with Gasteiger partial charge in [0, 0.05) is 29.1 Å². The Morgan fingerprint density at radius 1 is 1.20 bits per heavy atom. The van der Waals surface area contributed by atoms with Gasteiger partial charge < -0.3 is 10.2 Å². The number of nitrogens with one attached hydrogen (secondary N) is 2. The second-order valence-corrected chi connectivity index (χ2v) is 9.37. The normalized spacial score (nSPS) is 15.6. The highest BCUT2D eigenvalue weighted by Gasteiger charge is 2.28. The zero-order chi connectivity index (χ0) is 20.1. The Bertz CT molecular complexity index is 1190. The molecule has 30 heavy (non-hydrogen) atoms. The van der Waals surface area contributed by atoms with Crippen molar-refractivity contribution in [2.45, 2.75) is 31.7 Å². The van der Waals surface area contributed by atoms with E-state index in [9.17, 15) is 4.39 Å². The summed E-state index contributed by atoms with van der Waals surface area (Å²) in [5.74, 6) is 1.50. The summed E-state index contributed by atoms with van der Waals surface area (Å²) >= 11 is 3.33. The van der Waals surface area contributed by atoms with Crippen LogP contribution in [0.1, 0.15) is 34.3 Å². The van der Waals surface area contributed by atoms with Crippen LogP contribution in [0.4, 0.5) is 21.3 Å². The van der Waals surface area contributed by atoms with Crippen LogP contribution in [0.3, 0.4) is 0 Å². The number of anilines is 3. The van der Waals surface area contributed by atoms with Crippen molar-refractivity contribution in [2.75, 3.05) is 16.8 Å². The number of aromatic nitrogens is 6. The van der Waals surface area contributed by atoms with Crippen LogP contribution in [0, 0.1) is 5.82 Å². The van der Waals surface area contributed by atoms with Gasteiger partial charge in [-0.3, -0.25) is 5.10 Å². The highest BCUT2D eigenvalue weighted by Crippen LogP contribution is 2.42. The Hall–Kier alpha value is -2.92. The predicted octanol–water partition coefficient (Wildman–Crippen LogP) is 4.10. The molecule has 0 bridgehead atoms. The number of nitrogens with zero attached hydrogens (tertiary/aromatic N) is 6. The van der Waals surface area contributed by atoms with Crippen molar-refractivity contribution in [3.8, 4) is 11.3 Å². The van der Waals surface area contributed by atoms with Crippen LogP contribution in [0.15, 0.2) is 24.0 Å². The summed E-state index contributed by atoms with van der Waals surface area (Å²) in [4.78, 5) is 20.9. The van der Waals surface area contributed by atoms with Gasteiger partial charge in [-0.1, -0.05) is 0 Å². The summed E-state index contributed by atoms with van der Waals surface area (Å²) in [7, 11) is 0. The van der Waals surface area contributed by atoms with Crippen LogP contribution in [0.2, 0.25) is 0 Å². The number of halogens is 1. The maximum atomic E-state index is 13.0. The van der Waals surface area contributed by atoms with E-state index in [0.29, 0.717) is 17.0 Å². The van der Waals surface area contributed by atoms with Crippen molar-refractivity contribution in [1.29, 1.82) is 0 Å². The molecule has 1 aliphatic heterocycles. The molecule has 1 saturated carbocycles. The van der Waals surface area contributed by atoms with Gasteiger partial charge in [0.25, 0.3) is 0 Å². The maximum Gasteiger partial charge on any atom is 0.229 e. The molecule has 152 valence electrons. The van der Waals surface area contributed by atoms with Gasteiger partial charge >= 0.3 is 0 Å². The van der Waals surface area contributed by atoms with E-state index in [1.807, 2.05) is 6.20 Å². The molecule has 0 saturated heterocycles. The molecule has 1 fully saturated rings. The van der Waals surface area contributed by atoms with Crippen molar-refractivity contribution in [3.63, 3.8) is 0 Å². The van der Waals surface area contributed by atoms with E-state index in [1.165, 1.54) is 22.7 Å². The maximum absolute atomic E-state index is 13.0. The largest absolute Gasteiger partial charge is 0.350 e. The molecule has 1 aliphatic carbocycles. The summed E-state index contributed by atoms with van der Waals surface area (Å²) in [5.41, 5.74) is 2.99. The highest BCUT2D eigenvalue weighted by molar-refractivity contribution is 7.16. The van der Waals surface area contributed by atoms with Crippen LogP contribution < -0.4 is 10.2 Å². The van der Waals surface area contributed by atoms with Gasteiger partial charge in [-0.2, -0.15) is 5.10 Å². The summed E-state index contributed by atoms with van der Waals surface area (Å²) in [6, 6.07) is 0. The third-order valence-electron chi connectivity index (χ3n) is 5.18. The number of aromatic amines is 1. The Balaban J connectivity index is 1.26. The Morgan fingerprint density at radius 2 is 2.07 bits per heavy atom. The lowest BCUT2D eigenvalue weighted by Crippen LogP contribution is -2.25. The molecule has 2 N–H and O–H groups in total. The second-order valence-electron chi connectivity index (χ2n) is 7.40. The van der Waals surface area contributed by atoms with E-state index in [0.717, 1.165) is 54.7 Å². The standard InChI is InChI=1S/C19H17FN8S2/c20-11-5-21-18(22-6-11)26-19-25-15-13-7-23-27-16(13)28(4-3-14(15)30-19)8-12-9-29-17(24-12)10-1-2-10/h5-7,9-10H,1-4,8H2,(H,23,27)(H,21,22,25,26). The van der Waals surface area contributed by atoms with Crippen molar-refractivity contribution in [3.05, 3.63) is 45.4 Å². The number of hydrogen-bond acceptors (Lipinski definition) is 9. The van der Waals surface area contributed by atoms with Gasteiger partial charge in [0.1, 0.15) is 5.82 Å². The molecule has 5 heterocycles. The highest BCUT2D eigenvalue weighted by atomic mass is 32.1. The molecule has 8 nitrogen and oxygen atoms in total. The van der Waals surface area contributed by atoms with Crippen LogP contribution in [-0.2, 0) is 13.0 Å². The molecule has 2 aliphatic rings. The summed E-state index contributed by atoms with van der Waals surface area (Å²) in [6.07, 6.45) is 7.49. The van der Waals surface area contributed by atoms with E-state index in [2.05, 4.69) is 35.8 Å². The van der Waals surface area contributed by atoms with E-state index in [4.69, 9.17) is 9.97 Å². The minimum atomic E-state index is -0.469. The number of H-pyrrole nitrogens is 1. The summed E-state index contributed by atoms with van der Waals surface area (Å²) in [6.45, 7) is 1.59. The van der Waals surface area contributed by atoms with E-state index in [1.54, 1.807) is 22.7 Å². The van der Waals surface area contributed by atoms with Crippen molar-refractivity contribution >= 4 is 39.6 Å². The lowest BCUT2D eigenvalue weighted by Gasteiger charge is -2.21. The van der Waals surface area contributed by atoms with Crippen molar-refractivity contribution in [1.82, 2.24) is 30.1 Å². The number of hydrogen-bond donors (Lipinski definition) is 2. The SMILES string of the molecule is Fc1cnc(Nc2nc3c(s2)CCN(Cc2csc(C4CC4)n2)c2[nH]ncc2-3)nc1. The molecule has 0 radical (unpaired) electrons. The molecule has 4 aromatic heterocycles. The first-order valence-corrected chi connectivity index (χ1v) is 11.4. The van der Waals surface area contributed by atoms with Gasteiger partial charge in [-0.15, -0.1) is 22.7 Å². The fourth-order valence-electron chi connectivity index (χ4n) is 3.57. The predicted molar refractivity (Wildman–Crippen MR) is 114 cm³/mol. The molecule has 11 heteroatoms. The fraction of sp³-hybridized carbons (Fsp3) is 0.316. The molecular formula is C19H17FN8S2. The smallest absolute Gasteiger partial charge is 0.229 e. The average molecular weight is 441 g/mol. The lowest BCUT2D eigenvalue weighted by atomic mass is 10.2. The summed E-state index contributed by atoms with van der Waals surface area (Å²) in [5, 5.41) is 14.6. The van der Waals surface area contributed by atoms with Gasteiger partial charge in [0.15, 0.2) is 10.9 Å². The molecule has 0 amide bonds. The minimum absolute atomic E-state index is 0.323. The van der Waals surface area contributed by atoms with E-state index >= 15 is 0 Å².